The lowest BCUT2D eigenvalue weighted by Gasteiger charge is -2.66. The van der Waals surface area contributed by atoms with Crippen LogP contribution in [0, 0.1) is 45.3 Å². The Morgan fingerprint density at radius 2 is 1.78 bits per heavy atom. The zero-order valence-corrected chi connectivity index (χ0v) is 24.4. The Kier molecular flexibility index (Phi) is 7.28. The van der Waals surface area contributed by atoms with E-state index in [2.05, 4.69) is 66.7 Å². The SMILES string of the molecule is CO[C@H]1C=C2C(CC[C@H](O)C2(C)C)[C@]2(C=O)CC[C@]3(C)[C@@H]([C@H](C)C/C=C/C(C)(C)OC)CC[C@@]3(C)[C@H]12. The molecule has 9 atom stereocenters. The fourth-order valence-corrected chi connectivity index (χ4v) is 9.52. The van der Waals surface area contributed by atoms with Gasteiger partial charge in [0.25, 0.3) is 0 Å². The van der Waals surface area contributed by atoms with Crippen molar-refractivity contribution in [3.8, 4) is 0 Å². The maximum absolute atomic E-state index is 13.3. The smallest absolute Gasteiger partial charge is 0.127 e. The van der Waals surface area contributed by atoms with E-state index in [1.807, 2.05) is 7.11 Å². The number of methoxy groups -OCH3 is 2. The molecule has 36 heavy (non-hydrogen) atoms. The molecule has 0 saturated heterocycles. The molecular formula is C32H52O4. The average Bonchev–Trinajstić information content (AvgIpc) is 3.11. The van der Waals surface area contributed by atoms with Gasteiger partial charge < -0.3 is 19.4 Å². The Morgan fingerprint density at radius 3 is 2.39 bits per heavy atom. The maximum Gasteiger partial charge on any atom is 0.127 e. The van der Waals surface area contributed by atoms with Crippen LogP contribution in [0.25, 0.3) is 0 Å². The molecule has 4 aliphatic carbocycles. The minimum atomic E-state index is -0.406. The van der Waals surface area contributed by atoms with Crippen LogP contribution in [0.1, 0.15) is 93.4 Å². The van der Waals surface area contributed by atoms with E-state index in [1.165, 1.54) is 18.3 Å². The Hall–Kier alpha value is -0.970. The van der Waals surface area contributed by atoms with Gasteiger partial charge in [-0.3, -0.25) is 0 Å². The number of hydrogen-bond donors (Lipinski definition) is 1. The number of aldehydes is 1. The van der Waals surface area contributed by atoms with Gasteiger partial charge in [0.1, 0.15) is 6.29 Å². The second kappa shape index (κ2) is 9.35. The first-order chi connectivity index (χ1) is 16.7. The normalized spacial score (nSPS) is 44.9. The highest BCUT2D eigenvalue weighted by molar-refractivity contribution is 5.65. The quantitative estimate of drug-likeness (QED) is 0.310. The monoisotopic (exact) mass is 500 g/mol. The molecule has 4 nitrogen and oxygen atoms in total. The molecule has 0 aliphatic heterocycles. The number of carbonyl (C=O) groups excluding carboxylic acids is 1. The van der Waals surface area contributed by atoms with Crippen molar-refractivity contribution in [3.05, 3.63) is 23.8 Å². The molecule has 1 unspecified atom stereocenters. The number of rotatable bonds is 7. The number of aliphatic hydroxyl groups excluding tert-OH is 1. The molecule has 0 spiro atoms. The first kappa shape index (κ1) is 28.0. The van der Waals surface area contributed by atoms with Gasteiger partial charge in [0, 0.05) is 31.0 Å². The summed E-state index contributed by atoms with van der Waals surface area (Å²) >= 11 is 0. The summed E-state index contributed by atoms with van der Waals surface area (Å²) in [6.07, 6.45) is 14.8. The molecule has 4 rings (SSSR count). The molecule has 0 bridgehead atoms. The lowest BCUT2D eigenvalue weighted by atomic mass is 9.38. The van der Waals surface area contributed by atoms with Crippen LogP contribution in [-0.4, -0.2) is 43.4 Å². The molecule has 4 heteroatoms. The molecule has 0 aromatic carbocycles. The Morgan fingerprint density at radius 1 is 1.08 bits per heavy atom. The molecule has 3 fully saturated rings. The topological polar surface area (TPSA) is 55.8 Å². The van der Waals surface area contributed by atoms with Gasteiger partial charge in [-0.15, -0.1) is 0 Å². The summed E-state index contributed by atoms with van der Waals surface area (Å²) in [6.45, 7) is 15.9. The van der Waals surface area contributed by atoms with Crippen molar-refractivity contribution in [2.24, 2.45) is 45.3 Å². The molecule has 0 aromatic rings. The van der Waals surface area contributed by atoms with Crippen LogP contribution in [0.5, 0.6) is 0 Å². The zero-order chi connectivity index (χ0) is 26.7. The second-order valence-electron chi connectivity index (χ2n) is 14.3. The van der Waals surface area contributed by atoms with Gasteiger partial charge in [-0.1, -0.05) is 58.4 Å². The van der Waals surface area contributed by atoms with E-state index in [4.69, 9.17) is 9.47 Å². The molecule has 0 heterocycles. The fraction of sp³-hybridized carbons (Fsp3) is 0.844. The van der Waals surface area contributed by atoms with Gasteiger partial charge in [-0.2, -0.15) is 0 Å². The van der Waals surface area contributed by atoms with Crippen LogP contribution in [0.2, 0.25) is 0 Å². The van der Waals surface area contributed by atoms with Gasteiger partial charge in [0.2, 0.25) is 0 Å². The van der Waals surface area contributed by atoms with E-state index >= 15 is 0 Å². The lowest BCUT2D eigenvalue weighted by molar-refractivity contribution is -0.186. The molecule has 3 saturated carbocycles. The third-order valence-corrected chi connectivity index (χ3v) is 12.2. The summed E-state index contributed by atoms with van der Waals surface area (Å²) in [4.78, 5) is 13.3. The van der Waals surface area contributed by atoms with Crippen molar-refractivity contribution in [2.45, 2.75) is 111 Å². The molecule has 0 aromatic heterocycles. The highest BCUT2D eigenvalue weighted by Crippen LogP contribution is 2.74. The highest BCUT2D eigenvalue weighted by Gasteiger charge is 2.70. The lowest BCUT2D eigenvalue weighted by Crippen LogP contribution is -2.64. The second-order valence-corrected chi connectivity index (χ2v) is 14.3. The van der Waals surface area contributed by atoms with Gasteiger partial charge in [0.15, 0.2) is 0 Å². The number of ether oxygens (including phenoxy) is 2. The van der Waals surface area contributed by atoms with E-state index in [-0.39, 0.29) is 45.9 Å². The van der Waals surface area contributed by atoms with Crippen molar-refractivity contribution < 1.29 is 19.4 Å². The van der Waals surface area contributed by atoms with Crippen LogP contribution in [-0.2, 0) is 14.3 Å². The standard InChI is InChI=1S/C32H52O4/c1-21(11-10-15-28(2,3)36-9)22-14-16-31(7)27-25(35-8)19-24-23(12-13-26(34)29(24,4)5)32(27,20-33)18-17-30(22,31)6/h10,15,19-23,25-27,34H,11-14,16-18H2,1-9H3/b15-10+/t21-,22-,23?,25+,26+,27+,30-,31+,32-/m1/s1. The largest absolute Gasteiger partial charge is 0.392 e. The first-order valence-electron chi connectivity index (χ1n) is 14.4. The van der Waals surface area contributed by atoms with Crippen molar-refractivity contribution in [1.82, 2.24) is 0 Å². The van der Waals surface area contributed by atoms with E-state index in [0.717, 1.165) is 38.5 Å². The molecule has 204 valence electrons. The Balaban J connectivity index is 1.71. The summed E-state index contributed by atoms with van der Waals surface area (Å²) in [7, 11) is 3.58. The molecule has 0 radical (unpaired) electrons. The van der Waals surface area contributed by atoms with E-state index in [1.54, 1.807) is 7.11 Å². The summed E-state index contributed by atoms with van der Waals surface area (Å²) in [5.74, 6) is 1.58. The Labute approximate surface area is 220 Å². The van der Waals surface area contributed by atoms with Crippen LogP contribution < -0.4 is 0 Å². The number of hydrogen-bond acceptors (Lipinski definition) is 4. The van der Waals surface area contributed by atoms with Crippen molar-refractivity contribution >= 4 is 6.29 Å². The van der Waals surface area contributed by atoms with Crippen molar-refractivity contribution in [3.63, 3.8) is 0 Å². The van der Waals surface area contributed by atoms with E-state index < -0.39 is 5.41 Å². The third kappa shape index (κ3) is 3.92. The van der Waals surface area contributed by atoms with Gasteiger partial charge in [-0.25, -0.2) is 0 Å². The van der Waals surface area contributed by atoms with Crippen LogP contribution in [0.15, 0.2) is 23.8 Å². The van der Waals surface area contributed by atoms with Gasteiger partial charge in [0.05, 0.1) is 17.8 Å². The van der Waals surface area contributed by atoms with Crippen molar-refractivity contribution in [1.29, 1.82) is 0 Å². The minimum Gasteiger partial charge on any atom is -0.392 e. The Bertz CT molecular complexity index is 902. The van der Waals surface area contributed by atoms with Crippen molar-refractivity contribution in [2.75, 3.05) is 14.2 Å². The minimum absolute atomic E-state index is 0.0313. The van der Waals surface area contributed by atoms with Gasteiger partial charge >= 0.3 is 0 Å². The summed E-state index contributed by atoms with van der Waals surface area (Å²) in [5.41, 5.74) is 0.497. The predicted octanol–water partition coefficient (Wildman–Crippen LogP) is 6.76. The number of aliphatic hydroxyl groups is 1. The number of carbonyl (C=O) groups is 1. The van der Waals surface area contributed by atoms with E-state index in [0.29, 0.717) is 11.8 Å². The summed E-state index contributed by atoms with van der Waals surface area (Å²) in [5, 5.41) is 10.9. The molecular weight excluding hydrogens is 448 g/mol. The maximum atomic E-state index is 13.3. The fourth-order valence-electron chi connectivity index (χ4n) is 9.52. The van der Waals surface area contributed by atoms with E-state index in [9.17, 15) is 9.90 Å². The first-order valence-corrected chi connectivity index (χ1v) is 14.4. The summed E-state index contributed by atoms with van der Waals surface area (Å²) < 4.78 is 11.8. The number of fused-ring (bicyclic) bond motifs is 5. The molecule has 0 amide bonds. The molecule has 1 N–H and O–H groups in total. The van der Waals surface area contributed by atoms with Crippen LogP contribution in [0.3, 0.4) is 0 Å². The number of allylic oxidation sites excluding steroid dienone is 1. The molecule has 4 aliphatic rings. The third-order valence-electron chi connectivity index (χ3n) is 12.2. The zero-order valence-electron chi connectivity index (χ0n) is 24.4. The van der Waals surface area contributed by atoms with Crippen LogP contribution in [0.4, 0.5) is 0 Å². The summed E-state index contributed by atoms with van der Waals surface area (Å²) in [6, 6.07) is 0. The van der Waals surface area contributed by atoms with Crippen LogP contribution >= 0.6 is 0 Å². The average molecular weight is 501 g/mol. The van der Waals surface area contributed by atoms with Gasteiger partial charge in [-0.05, 0) is 87.4 Å². The predicted molar refractivity (Wildman–Crippen MR) is 146 cm³/mol. The highest BCUT2D eigenvalue weighted by atomic mass is 16.5.